The van der Waals surface area contributed by atoms with Crippen LogP contribution in [0.5, 0.6) is 0 Å². The summed E-state index contributed by atoms with van der Waals surface area (Å²) in [5.74, 6) is 0. The minimum atomic E-state index is 1.08. The van der Waals surface area contributed by atoms with Gasteiger partial charge in [0.2, 0.25) is 0 Å². The Kier molecular flexibility index (Phi) is 8.57. The molecule has 9 rings (SSSR count). The number of fused-ring (bicyclic) bond motifs is 2. The first-order valence-electron chi connectivity index (χ1n) is 18.0. The highest BCUT2D eigenvalue weighted by atomic mass is 15.2. The maximum Gasteiger partial charge on any atom is 0.0540 e. The van der Waals surface area contributed by atoms with Crippen molar-refractivity contribution in [3.63, 3.8) is 0 Å². The largest absolute Gasteiger partial charge is 0.311 e. The Balaban J connectivity index is 1.12. The normalized spacial score (nSPS) is 11.0. The summed E-state index contributed by atoms with van der Waals surface area (Å²) in [5, 5.41) is 4.85. The molecule has 0 aliphatic heterocycles. The van der Waals surface area contributed by atoms with Gasteiger partial charge in [0.15, 0.2) is 0 Å². The SMILES string of the molecule is c1ccc(N(c2ccc(N(c3ccccc3)c3cccc4ccccc34)cc2)c2ccc(N(c3ccccc3)c3cccc4ccccc34)cc2)cc1. The number of hydrogen-bond donors (Lipinski definition) is 0. The average molecular weight is 680 g/mol. The molecule has 0 unspecified atom stereocenters. The molecule has 0 spiro atoms. The van der Waals surface area contributed by atoms with E-state index in [1.807, 2.05) is 0 Å². The van der Waals surface area contributed by atoms with Gasteiger partial charge in [-0.3, -0.25) is 0 Å². The van der Waals surface area contributed by atoms with E-state index < -0.39 is 0 Å². The van der Waals surface area contributed by atoms with Crippen molar-refractivity contribution in [2.45, 2.75) is 0 Å². The summed E-state index contributed by atoms with van der Waals surface area (Å²) in [7, 11) is 0. The lowest BCUT2D eigenvalue weighted by Gasteiger charge is -2.30. The Hall–Kier alpha value is -7.10. The average Bonchev–Trinajstić information content (AvgIpc) is 3.24. The molecule has 0 fully saturated rings. The molecule has 0 aliphatic rings. The van der Waals surface area contributed by atoms with E-state index in [0.29, 0.717) is 0 Å². The Morgan fingerprint density at radius 2 is 0.453 bits per heavy atom. The highest BCUT2D eigenvalue weighted by Gasteiger charge is 2.19. The molecule has 9 aromatic rings. The summed E-state index contributed by atoms with van der Waals surface area (Å²) in [5.41, 5.74) is 9.94. The van der Waals surface area contributed by atoms with Gasteiger partial charge in [-0.2, -0.15) is 0 Å². The van der Waals surface area contributed by atoms with E-state index in [4.69, 9.17) is 0 Å². The number of para-hydroxylation sites is 3. The predicted octanol–water partition coefficient (Wildman–Crippen LogP) is 14.4. The molecule has 9 aromatic carbocycles. The van der Waals surface area contributed by atoms with Crippen LogP contribution in [-0.2, 0) is 0 Å². The fourth-order valence-electron chi connectivity index (χ4n) is 7.34. The smallest absolute Gasteiger partial charge is 0.0540 e. The van der Waals surface area contributed by atoms with Gasteiger partial charge in [-0.25, -0.2) is 0 Å². The minimum Gasteiger partial charge on any atom is -0.311 e. The van der Waals surface area contributed by atoms with E-state index >= 15 is 0 Å². The summed E-state index contributed by atoms with van der Waals surface area (Å²) < 4.78 is 0. The molecule has 0 atom stereocenters. The van der Waals surface area contributed by atoms with E-state index in [2.05, 4.69) is 239 Å². The summed E-state index contributed by atoms with van der Waals surface area (Å²) in [6, 6.07) is 79.9. The van der Waals surface area contributed by atoms with E-state index in [-0.39, 0.29) is 0 Å². The molecule has 0 aromatic heterocycles. The summed E-state index contributed by atoms with van der Waals surface area (Å²) in [6.45, 7) is 0. The van der Waals surface area contributed by atoms with Gasteiger partial charge in [-0.05, 0) is 108 Å². The minimum absolute atomic E-state index is 1.08. The van der Waals surface area contributed by atoms with E-state index in [0.717, 1.165) is 51.2 Å². The highest BCUT2D eigenvalue weighted by molar-refractivity contribution is 6.00. The lowest BCUT2D eigenvalue weighted by Crippen LogP contribution is -2.13. The fourth-order valence-corrected chi connectivity index (χ4v) is 7.34. The van der Waals surface area contributed by atoms with Gasteiger partial charge in [0.05, 0.1) is 11.4 Å². The molecular weight excluding hydrogens is 643 g/mol. The van der Waals surface area contributed by atoms with Gasteiger partial charge < -0.3 is 14.7 Å². The zero-order valence-electron chi connectivity index (χ0n) is 29.2. The van der Waals surface area contributed by atoms with Crippen molar-refractivity contribution in [1.29, 1.82) is 0 Å². The second-order valence-corrected chi connectivity index (χ2v) is 13.0. The number of nitrogens with zero attached hydrogens (tertiary/aromatic N) is 3. The van der Waals surface area contributed by atoms with Crippen LogP contribution in [0, 0.1) is 0 Å². The number of rotatable bonds is 9. The first kappa shape index (κ1) is 31.9. The molecular formula is C50H37N3. The van der Waals surface area contributed by atoms with Crippen LogP contribution < -0.4 is 14.7 Å². The van der Waals surface area contributed by atoms with Crippen molar-refractivity contribution in [3.05, 3.63) is 224 Å². The Morgan fingerprint density at radius 1 is 0.189 bits per heavy atom. The van der Waals surface area contributed by atoms with Gasteiger partial charge >= 0.3 is 0 Å². The molecule has 252 valence electrons. The van der Waals surface area contributed by atoms with Crippen LogP contribution in [0.1, 0.15) is 0 Å². The van der Waals surface area contributed by atoms with Crippen LogP contribution >= 0.6 is 0 Å². The lowest BCUT2D eigenvalue weighted by molar-refractivity contribution is 1.25. The third kappa shape index (κ3) is 6.26. The molecule has 3 heteroatoms. The number of benzene rings is 9. The fraction of sp³-hybridized carbons (Fsp3) is 0. The van der Waals surface area contributed by atoms with Crippen LogP contribution in [0.15, 0.2) is 224 Å². The standard InChI is InChI=1S/C50H37N3/c1-4-20-40(21-5-1)51(43-30-34-45(35-31-43)52(41-22-6-2-7-23-41)49-28-14-18-38-16-10-12-26-47(38)49)44-32-36-46(37-33-44)53(42-24-8-3-9-25-42)50-29-15-19-39-17-11-13-27-48(39)50/h1-37H. The van der Waals surface area contributed by atoms with Crippen molar-refractivity contribution in [3.8, 4) is 0 Å². The van der Waals surface area contributed by atoms with Gasteiger partial charge in [0.25, 0.3) is 0 Å². The molecule has 0 radical (unpaired) electrons. The van der Waals surface area contributed by atoms with Crippen LogP contribution in [0.25, 0.3) is 21.5 Å². The quantitative estimate of drug-likeness (QED) is 0.150. The van der Waals surface area contributed by atoms with Crippen LogP contribution in [0.3, 0.4) is 0 Å². The van der Waals surface area contributed by atoms with Crippen LogP contribution in [-0.4, -0.2) is 0 Å². The zero-order valence-corrected chi connectivity index (χ0v) is 29.2. The van der Waals surface area contributed by atoms with Crippen molar-refractivity contribution >= 4 is 72.7 Å². The van der Waals surface area contributed by atoms with Crippen LogP contribution in [0.2, 0.25) is 0 Å². The zero-order chi connectivity index (χ0) is 35.4. The molecule has 0 amide bonds. The third-order valence-electron chi connectivity index (χ3n) is 9.79. The summed E-state index contributed by atoms with van der Waals surface area (Å²) in [6.07, 6.45) is 0. The first-order chi connectivity index (χ1) is 26.3. The molecule has 3 nitrogen and oxygen atoms in total. The van der Waals surface area contributed by atoms with Crippen molar-refractivity contribution in [2.75, 3.05) is 14.7 Å². The van der Waals surface area contributed by atoms with Crippen molar-refractivity contribution < 1.29 is 0 Å². The topological polar surface area (TPSA) is 9.72 Å². The Morgan fingerprint density at radius 3 is 0.830 bits per heavy atom. The molecule has 0 aliphatic carbocycles. The molecule has 0 saturated carbocycles. The van der Waals surface area contributed by atoms with E-state index in [1.54, 1.807) is 0 Å². The monoisotopic (exact) mass is 679 g/mol. The second-order valence-electron chi connectivity index (χ2n) is 13.0. The molecule has 0 bridgehead atoms. The molecule has 0 heterocycles. The Labute approximate surface area is 310 Å². The Bertz CT molecular complexity index is 2430. The summed E-state index contributed by atoms with van der Waals surface area (Å²) in [4.78, 5) is 7.02. The van der Waals surface area contributed by atoms with Crippen molar-refractivity contribution in [2.24, 2.45) is 0 Å². The van der Waals surface area contributed by atoms with Crippen molar-refractivity contribution in [1.82, 2.24) is 0 Å². The van der Waals surface area contributed by atoms with Gasteiger partial charge in [0, 0.05) is 50.6 Å². The third-order valence-corrected chi connectivity index (χ3v) is 9.79. The first-order valence-corrected chi connectivity index (χ1v) is 18.0. The molecule has 0 N–H and O–H groups in total. The number of anilines is 9. The molecule has 53 heavy (non-hydrogen) atoms. The van der Waals surface area contributed by atoms with Crippen LogP contribution in [0.4, 0.5) is 51.2 Å². The van der Waals surface area contributed by atoms with E-state index in [1.165, 1.54) is 21.5 Å². The molecule has 0 saturated heterocycles. The highest BCUT2D eigenvalue weighted by Crippen LogP contribution is 2.43. The van der Waals surface area contributed by atoms with Gasteiger partial charge in [-0.15, -0.1) is 0 Å². The summed E-state index contributed by atoms with van der Waals surface area (Å²) >= 11 is 0. The second kappa shape index (κ2) is 14.3. The lowest BCUT2D eigenvalue weighted by atomic mass is 10.1. The maximum absolute atomic E-state index is 2.35. The maximum atomic E-state index is 2.35. The predicted molar refractivity (Wildman–Crippen MR) is 226 cm³/mol. The van der Waals surface area contributed by atoms with Gasteiger partial charge in [-0.1, -0.05) is 127 Å². The van der Waals surface area contributed by atoms with E-state index in [9.17, 15) is 0 Å². The van der Waals surface area contributed by atoms with Gasteiger partial charge in [0.1, 0.15) is 0 Å². The number of hydrogen-bond acceptors (Lipinski definition) is 3.